The van der Waals surface area contributed by atoms with Crippen LogP contribution in [0.5, 0.6) is 5.75 Å². The van der Waals surface area contributed by atoms with Gasteiger partial charge in [0.15, 0.2) is 0 Å². The summed E-state index contributed by atoms with van der Waals surface area (Å²) in [6.45, 7) is 3.72. The van der Waals surface area contributed by atoms with E-state index in [0.717, 1.165) is 18.8 Å². The Morgan fingerprint density at radius 3 is 2.47 bits per heavy atom. The van der Waals surface area contributed by atoms with E-state index in [1.807, 2.05) is 19.2 Å². The summed E-state index contributed by atoms with van der Waals surface area (Å²) in [5.74, 6) is 0.885. The molecule has 0 aliphatic heterocycles. The number of rotatable bonds is 8. The normalized spacial score (nSPS) is 12.4. The van der Waals surface area contributed by atoms with Crippen molar-refractivity contribution in [3.63, 3.8) is 0 Å². The number of hydrogen-bond donors (Lipinski definition) is 1. The molecule has 0 radical (unpaired) electrons. The van der Waals surface area contributed by atoms with Crippen molar-refractivity contribution < 1.29 is 9.47 Å². The molecule has 0 aliphatic rings. The third kappa shape index (κ3) is 4.75. The van der Waals surface area contributed by atoms with Crippen LogP contribution in [-0.2, 0) is 4.74 Å². The molecule has 0 heterocycles. The van der Waals surface area contributed by atoms with Crippen LogP contribution in [0.3, 0.4) is 0 Å². The lowest BCUT2D eigenvalue weighted by Gasteiger charge is -2.17. The van der Waals surface area contributed by atoms with E-state index in [0.29, 0.717) is 6.61 Å². The third-order valence-corrected chi connectivity index (χ3v) is 2.79. The molecule has 1 aromatic rings. The molecule has 1 N–H and O–H groups in total. The molecule has 1 aromatic carbocycles. The monoisotopic (exact) mass is 237 g/mol. The van der Waals surface area contributed by atoms with Crippen molar-refractivity contribution in [3.8, 4) is 5.75 Å². The highest BCUT2D eigenvalue weighted by molar-refractivity contribution is 5.29. The fourth-order valence-electron chi connectivity index (χ4n) is 1.63. The van der Waals surface area contributed by atoms with Crippen molar-refractivity contribution in [3.05, 3.63) is 29.8 Å². The second-order valence-corrected chi connectivity index (χ2v) is 4.04. The minimum absolute atomic E-state index is 0.248. The van der Waals surface area contributed by atoms with Gasteiger partial charge in [0.25, 0.3) is 0 Å². The van der Waals surface area contributed by atoms with Crippen LogP contribution in [0.15, 0.2) is 24.3 Å². The Balaban J connectivity index is 2.47. The van der Waals surface area contributed by atoms with E-state index in [1.54, 1.807) is 7.11 Å². The van der Waals surface area contributed by atoms with Crippen LogP contribution in [0.1, 0.15) is 31.4 Å². The highest BCUT2D eigenvalue weighted by Gasteiger charge is 2.08. The molecule has 1 unspecified atom stereocenters. The summed E-state index contributed by atoms with van der Waals surface area (Å²) in [6.07, 6.45) is 2.30. The zero-order chi connectivity index (χ0) is 12.5. The second kappa shape index (κ2) is 8.09. The molecular formula is C14H23NO2. The van der Waals surface area contributed by atoms with Crippen molar-refractivity contribution in [2.24, 2.45) is 0 Å². The van der Waals surface area contributed by atoms with Gasteiger partial charge < -0.3 is 14.8 Å². The van der Waals surface area contributed by atoms with Gasteiger partial charge in [-0.1, -0.05) is 25.5 Å². The van der Waals surface area contributed by atoms with Crippen LogP contribution >= 0.6 is 0 Å². The van der Waals surface area contributed by atoms with Crippen LogP contribution in [-0.4, -0.2) is 27.4 Å². The maximum atomic E-state index is 5.64. The van der Waals surface area contributed by atoms with E-state index in [9.17, 15) is 0 Å². The molecule has 1 rings (SSSR count). The zero-order valence-electron chi connectivity index (χ0n) is 11.0. The average molecular weight is 237 g/mol. The van der Waals surface area contributed by atoms with E-state index in [2.05, 4.69) is 24.4 Å². The van der Waals surface area contributed by atoms with Gasteiger partial charge >= 0.3 is 0 Å². The molecule has 3 nitrogen and oxygen atoms in total. The zero-order valence-corrected chi connectivity index (χ0v) is 11.0. The minimum Gasteiger partial charge on any atom is -0.497 e. The average Bonchev–Trinajstić information content (AvgIpc) is 2.39. The largest absolute Gasteiger partial charge is 0.497 e. The van der Waals surface area contributed by atoms with Crippen molar-refractivity contribution >= 4 is 0 Å². The fourth-order valence-corrected chi connectivity index (χ4v) is 1.63. The van der Waals surface area contributed by atoms with E-state index < -0.39 is 0 Å². The summed E-state index contributed by atoms with van der Waals surface area (Å²) in [7, 11) is 3.64. The highest BCUT2D eigenvalue weighted by Crippen LogP contribution is 2.17. The van der Waals surface area contributed by atoms with E-state index in [1.165, 1.54) is 12.0 Å². The maximum Gasteiger partial charge on any atom is 0.118 e. The molecule has 0 saturated heterocycles. The van der Waals surface area contributed by atoms with Crippen LogP contribution in [0.2, 0.25) is 0 Å². The molecule has 3 heteroatoms. The van der Waals surface area contributed by atoms with Crippen LogP contribution in [0.4, 0.5) is 0 Å². The first-order chi connectivity index (χ1) is 8.31. The maximum absolute atomic E-state index is 5.64. The molecule has 0 fully saturated rings. The Kier molecular flexibility index (Phi) is 6.67. The van der Waals surface area contributed by atoms with E-state index in [-0.39, 0.29) is 6.04 Å². The lowest BCUT2D eigenvalue weighted by molar-refractivity contribution is 0.111. The van der Waals surface area contributed by atoms with Gasteiger partial charge in [0, 0.05) is 6.61 Å². The minimum atomic E-state index is 0.248. The highest BCUT2D eigenvalue weighted by atomic mass is 16.5. The summed E-state index contributed by atoms with van der Waals surface area (Å²) < 4.78 is 10.8. The van der Waals surface area contributed by atoms with Gasteiger partial charge in [-0.3, -0.25) is 0 Å². The van der Waals surface area contributed by atoms with Crippen LogP contribution < -0.4 is 10.1 Å². The standard InChI is InChI=1S/C14H23NO2/c1-4-5-10-17-11-14(15-2)12-6-8-13(16-3)9-7-12/h6-9,14-15H,4-5,10-11H2,1-3H3. The van der Waals surface area contributed by atoms with Gasteiger partial charge in [0.05, 0.1) is 19.8 Å². The number of unbranched alkanes of at least 4 members (excludes halogenated alkanes) is 1. The summed E-state index contributed by atoms with van der Waals surface area (Å²) in [5.41, 5.74) is 1.23. The molecule has 0 bridgehead atoms. The van der Waals surface area contributed by atoms with Gasteiger partial charge in [-0.15, -0.1) is 0 Å². The molecule has 96 valence electrons. The van der Waals surface area contributed by atoms with Gasteiger partial charge in [0.1, 0.15) is 5.75 Å². The number of ether oxygens (including phenoxy) is 2. The number of benzene rings is 1. The number of methoxy groups -OCH3 is 1. The molecule has 0 saturated carbocycles. The fraction of sp³-hybridized carbons (Fsp3) is 0.571. The Bertz CT molecular complexity index is 298. The van der Waals surface area contributed by atoms with Gasteiger partial charge in [-0.2, -0.15) is 0 Å². The summed E-state index contributed by atoms with van der Waals surface area (Å²) in [6, 6.07) is 8.35. The predicted molar refractivity (Wildman–Crippen MR) is 70.5 cm³/mol. The Morgan fingerprint density at radius 2 is 1.94 bits per heavy atom. The quantitative estimate of drug-likeness (QED) is 0.705. The summed E-state index contributed by atoms with van der Waals surface area (Å²) in [4.78, 5) is 0. The number of hydrogen-bond acceptors (Lipinski definition) is 3. The molecule has 1 atom stereocenters. The number of nitrogens with one attached hydrogen (secondary N) is 1. The first-order valence-electron chi connectivity index (χ1n) is 6.20. The lowest BCUT2D eigenvalue weighted by Crippen LogP contribution is -2.22. The SMILES string of the molecule is CCCCOCC(NC)c1ccc(OC)cc1. The topological polar surface area (TPSA) is 30.5 Å². The van der Waals surface area contributed by atoms with Crippen molar-refractivity contribution in [2.75, 3.05) is 27.4 Å². The smallest absolute Gasteiger partial charge is 0.118 e. The summed E-state index contributed by atoms with van der Waals surface area (Å²) in [5, 5.41) is 3.27. The Hall–Kier alpha value is -1.06. The Labute approximate surface area is 104 Å². The molecule has 0 spiro atoms. The molecule has 17 heavy (non-hydrogen) atoms. The molecule has 0 aliphatic carbocycles. The molecule has 0 amide bonds. The van der Waals surface area contributed by atoms with Crippen LogP contribution in [0, 0.1) is 0 Å². The molecule has 0 aromatic heterocycles. The second-order valence-electron chi connectivity index (χ2n) is 4.04. The van der Waals surface area contributed by atoms with Gasteiger partial charge in [-0.25, -0.2) is 0 Å². The Morgan fingerprint density at radius 1 is 1.24 bits per heavy atom. The first-order valence-corrected chi connectivity index (χ1v) is 6.20. The summed E-state index contributed by atoms with van der Waals surface area (Å²) >= 11 is 0. The van der Waals surface area contributed by atoms with Gasteiger partial charge in [-0.05, 0) is 31.2 Å². The van der Waals surface area contributed by atoms with E-state index in [4.69, 9.17) is 9.47 Å². The third-order valence-electron chi connectivity index (χ3n) is 2.79. The molecular weight excluding hydrogens is 214 g/mol. The van der Waals surface area contributed by atoms with Crippen molar-refractivity contribution in [2.45, 2.75) is 25.8 Å². The lowest BCUT2D eigenvalue weighted by atomic mass is 10.1. The van der Waals surface area contributed by atoms with Crippen LogP contribution in [0.25, 0.3) is 0 Å². The predicted octanol–water partition coefficient (Wildman–Crippen LogP) is 2.77. The van der Waals surface area contributed by atoms with Crippen molar-refractivity contribution in [1.82, 2.24) is 5.32 Å². The van der Waals surface area contributed by atoms with E-state index >= 15 is 0 Å². The van der Waals surface area contributed by atoms with Gasteiger partial charge in [0.2, 0.25) is 0 Å². The number of likely N-dealkylation sites (N-methyl/N-ethyl adjacent to an activating group) is 1. The van der Waals surface area contributed by atoms with Crippen molar-refractivity contribution in [1.29, 1.82) is 0 Å². The first kappa shape index (κ1) is 14.0.